The van der Waals surface area contributed by atoms with Crippen LogP contribution in [0.3, 0.4) is 0 Å². The number of imidazole rings is 1. The third-order valence-electron chi connectivity index (χ3n) is 1.11. The molecular formula is C6H9N3. The van der Waals surface area contributed by atoms with Gasteiger partial charge in [0.2, 0.25) is 0 Å². The first-order valence-electron chi connectivity index (χ1n) is 2.72. The van der Waals surface area contributed by atoms with E-state index in [9.17, 15) is 0 Å². The van der Waals surface area contributed by atoms with Crippen LogP contribution in [0.25, 0.3) is 6.08 Å². The Morgan fingerprint density at radius 1 is 1.89 bits per heavy atom. The van der Waals surface area contributed by atoms with E-state index in [1.165, 1.54) is 0 Å². The van der Waals surface area contributed by atoms with Crippen LogP contribution in [0.2, 0.25) is 0 Å². The van der Waals surface area contributed by atoms with Gasteiger partial charge in [-0.25, -0.2) is 4.98 Å². The predicted molar refractivity (Wildman–Crippen MR) is 38.2 cm³/mol. The van der Waals surface area contributed by atoms with E-state index in [1.54, 1.807) is 12.4 Å². The van der Waals surface area contributed by atoms with Crippen molar-refractivity contribution >= 4 is 11.9 Å². The maximum absolute atomic E-state index is 3.97. The summed E-state index contributed by atoms with van der Waals surface area (Å²) in [6.07, 6.45) is 3.35. The van der Waals surface area contributed by atoms with Gasteiger partial charge >= 0.3 is 0 Å². The molecule has 0 saturated heterocycles. The van der Waals surface area contributed by atoms with Gasteiger partial charge in [-0.3, -0.25) is 0 Å². The minimum atomic E-state index is 0.838. The number of anilines is 1. The second kappa shape index (κ2) is 2.35. The molecule has 0 aliphatic heterocycles. The van der Waals surface area contributed by atoms with Gasteiger partial charge in [0, 0.05) is 7.05 Å². The van der Waals surface area contributed by atoms with E-state index in [0.717, 1.165) is 11.5 Å². The highest BCUT2D eigenvalue weighted by atomic mass is 15.0. The number of hydrogen-bond donors (Lipinski definition) is 2. The van der Waals surface area contributed by atoms with Crippen molar-refractivity contribution in [2.24, 2.45) is 0 Å². The van der Waals surface area contributed by atoms with Crippen LogP contribution in [0, 0.1) is 0 Å². The minimum Gasteiger partial charge on any atom is -0.371 e. The lowest BCUT2D eigenvalue weighted by Gasteiger charge is -1.92. The normalized spacial score (nSPS) is 9.00. The van der Waals surface area contributed by atoms with Crippen molar-refractivity contribution in [1.29, 1.82) is 0 Å². The molecule has 1 heterocycles. The van der Waals surface area contributed by atoms with Crippen molar-refractivity contribution in [3.8, 4) is 0 Å². The summed E-state index contributed by atoms with van der Waals surface area (Å²) >= 11 is 0. The first-order valence-corrected chi connectivity index (χ1v) is 2.72. The number of nitrogens with one attached hydrogen (secondary N) is 2. The fourth-order valence-electron chi connectivity index (χ4n) is 0.659. The Bertz CT molecular complexity index is 202. The van der Waals surface area contributed by atoms with Crippen LogP contribution in [0.4, 0.5) is 5.82 Å². The molecule has 0 bridgehead atoms. The topological polar surface area (TPSA) is 40.7 Å². The quantitative estimate of drug-likeness (QED) is 0.618. The SMILES string of the molecule is C=Cc1[nH]cnc1NC. The van der Waals surface area contributed by atoms with Gasteiger partial charge in [-0.15, -0.1) is 0 Å². The molecule has 0 aromatic carbocycles. The van der Waals surface area contributed by atoms with Crippen molar-refractivity contribution in [2.45, 2.75) is 0 Å². The first-order chi connectivity index (χ1) is 4.38. The van der Waals surface area contributed by atoms with Gasteiger partial charge in [0.15, 0.2) is 5.82 Å². The summed E-state index contributed by atoms with van der Waals surface area (Å²) < 4.78 is 0. The molecule has 0 unspecified atom stereocenters. The van der Waals surface area contributed by atoms with Crippen molar-refractivity contribution in [3.05, 3.63) is 18.6 Å². The summed E-state index contributed by atoms with van der Waals surface area (Å²) in [6.45, 7) is 3.60. The molecule has 0 spiro atoms. The second-order valence-electron chi connectivity index (χ2n) is 1.62. The van der Waals surface area contributed by atoms with Gasteiger partial charge in [0.25, 0.3) is 0 Å². The lowest BCUT2D eigenvalue weighted by atomic mass is 10.4. The van der Waals surface area contributed by atoms with E-state index in [-0.39, 0.29) is 0 Å². The van der Waals surface area contributed by atoms with Crippen molar-refractivity contribution < 1.29 is 0 Å². The Balaban J connectivity index is 2.98. The zero-order valence-electron chi connectivity index (χ0n) is 5.31. The van der Waals surface area contributed by atoms with Crippen LogP contribution in [0.5, 0.6) is 0 Å². The molecule has 0 fully saturated rings. The molecule has 2 N–H and O–H groups in total. The lowest BCUT2D eigenvalue weighted by molar-refractivity contribution is 1.30. The van der Waals surface area contributed by atoms with Gasteiger partial charge in [0.05, 0.1) is 12.0 Å². The third kappa shape index (κ3) is 0.937. The third-order valence-corrected chi connectivity index (χ3v) is 1.11. The largest absolute Gasteiger partial charge is 0.371 e. The van der Waals surface area contributed by atoms with Crippen molar-refractivity contribution in [2.75, 3.05) is 12.4 Å². The van der Waals surface area contributed by atoms with Gasteiger partial charge in [0.1, 0.15) is 0 Å². The monoisotopic (exact) mass is 123 g/mol. The van der Waals surface area contributed by atoms with Crippen LogP contribution in [-0.4, -0.2) is 17.0 Å². The highest BCUT2D eigenvalue weighted by Gasteiger charge is 1.95. The average molecular weight is 123 g/mol. The Morgan fingerprint density at radius 3 is 3.11 bits per heavy atom. The maximum atomic E-state index is 3.97. The molecule has 3 nitrogen and oxygen atoms in total. The summed E-state index contributed by atoms with van der Waals surface area (Å²) in [5, 5.41) is 2.91. The molecule has 1 aromatic rings. The molecule has 1 rings (SSSR count). The first kappa shape index (κ1) is 5.88. The van der Waals surface area contributed by atoms with Crippen molar-refractivity contribution in [3.63, 3.8) is 0 Å². The molecule has 48 valence electrons. The van der Waals surface area contributed by atoms with Crippen molar-refractivity contribution in [1.82, 2.24) is 9.97 Å². The highest BCUT2D eigenvalue weighted by Crippen LogP contribution is 2.07. The number of nitrogens with zero attached hydrogens (tertiary/aromatic N) is 1. The molecule has 9 heavy (non-hydrogen) atoms. The predicted octanol–water partition coefficient (Wildman–Crippen LogP) is 1.09. The molecule has 0 saturated carbocycles. The van der Waals surface area contributed by atoms with Crippen LogP contribution in [0.15, 0.2) is 12.9 Å². The fraction of sp³-hybridized carbons (Fsp3) is 0.167. The van der Waals surface area contributed by atoms with Crippen LogP contribution >= 0.6 is 0 Å². The van der Waals surface area contributed by atoms with Gasteiger partial charge in [-0.1, -0.05) is 6.58 Å². The maximum Gasteiger partial charge on any atom is 0.151 e. The molecule has 0 aliphatic carbocycles. The Kier molecular flexibility index (Phi) is 1.53. The van der Waals surface area contributed by atoms with Crippen LogP contribution in [0.1, 0.15) is 5.69 Å². The summed E-state index contributed by atoms with van der Waals surface area (Å²) in [5.74, 6) is 0.838. The van der Waals surface area contributed by atoms with E-state index in [2.05, 4.69) is 21.9 Å². The molecule has 0 aliphatic rings. The smallest absolute Gasteiger partial charge is 0.151 e. The zero-order chi connectivity index (χ0) is 6.69. The number of hydrogen-bond acceptors (Lipinski definition) is 2. The Hall–Kier alpha value is -1.25. The highest BCUT2D eigenvalue weighted by molar-refractivity contribution is 5.57. The van der Waals surface area contributed by atoms with Crippen LogP contribution < -0.4 is 5.32 Å². The number of rotatable bonds is 2. The average Bonchev–Trinajstić information content (AvgIpc) is 2.33. The number of aromatic amines is 1. The second-order valence-corrected chi connectivity index (χ2v) is 1.62. The summed E-state index contributed by atoms with van der Waals surface area (Å²) in [7, 11) is 1.82. The van der Waals surface area contributed by atoms with E-state index < -0.39 is 0 Å². The zero-order valence-corrected chi connectivity index (χ0v) is 5.31. The number of aromatic nitrogens is 2. The van der Waals surface area contributed by atoms with E-state index >= 15 is 0 Å². The minimum absolute atomic E-state index is 0.838. The standard InChI is InChI=1S/C6H9N3/c1-3-5-6(7-2)9-4-8-5/h3-4,7H,1H2,2H3,(H,8,9). The molecule has 0 amide bonds. The molecule has 3 heteroatoms. The lowest BCUT2D eigenvalue weighted by Crippen LogP contribution is -1.89. The molecule has 0 atom stereocenters. The van der Waals surface area contributed by atoms with Crippen LogP contribution in [-0.2, 0) is 0 Å². The number of H-pyrrole nitrogens is 1. The van der Waals surface area contributed by atoms with Gasteiger partial charge in [-0.05, 0) is 6.08 Å². The molecule has 0 radical (unpaired) electrons. The van der Waals surface area contributed by atoms with Gasteiger partial charge < -0.3 is 10.3 Å². The summed E-state index contributed by atoms with van der Waals surface area (Å²) in [4.78, 5) is 6.88. The Labute approximate surface area is 53.8 Å². The van der Waals surface area contributed by atoms with E-state index in [0.29, 0.717) is 0 Å². The van der Waals surface area contributed by atoms with E-state index in [1.807, 2.05) is 7.05 Å². The molecular weight excluding hydrogens is 114 g/mol. The fourth-order valence-corrected chi connectivity index (χ4v) is 0.659. The Morgan fingerprint density at radius 2 is 2.67 bits per heavy atom. The summed E-state index contributed by atoms with van der Waals surface area (Å²) in [5.41, 5.74) is 0.928. The summed E-state index contributed by atoms with van der Waals surface area (Å²) in [6, 6.07) is 0. The van der Waals surface area contributed by atoms with Gasteiger partial charge in [-0.2, -0.15) is 0 Å². The molecule has 1 aromatic heterocycles. The van der Waals surface area contributed by atoms with E-state index in [4.69, 9.17) is 0 Å².